The van der Waals surface area contributed by atoms with E-state index in [0.717, 1.165) is 57.2 Å². The average Bonchev–Trinajstić information content (AvgIpc) is 2.73. The number of carbonyl (C=O) groups excluding carboxylic acids is 1. The number of halogens is 2. The van der Waals surface area contributed by atoms with Crippen molar-refractivity contribution in [3.63, 3.8) is 0 Å². The SMILES string of the molecule is N#CC(CCC(N)=O)C1CCC(CCN2CCN(c3cc(F)cc(Cl)c3)CC2)CC1. The molecule has 7 heteroatoms. The van der Waals surface area contributed by atoms with Crippen molar-refractivity contribution < 1.29 is 9.18 Å². The molecule has 5 nitrogen and oxygen atoms in total. The third-order valence-corrected chi connectivity index (χ3v) is 6.98. The predicted molar refractivity (Wildman–Crippen MR) is 118 cm³/mol. The smallest absolute Gasteiger partial charge is 0.217 e. The molecule has 0 bridgehead atoms. The van der Waals surface area contributed by atoms with Crippen LogP contribution in [0.25, 0.3) is 0 Å². The first-order valence-electron chi connectivity index (χ1n) is 11.1. The molecule has 1 aromatic rings. The van der Waals surface area contributed by atoms with E-state index in [1.807, 2.05) is 6.07 Å². The van der Waals surface area contributed by atoms with Gasteiger partial charge in [-0.15, -0.1) is 0 Å². The fourth-order valence-corrected chi connectivity index (χ4v) is 5.12. The van der Waals surface area contributed by atoms with Crippen LogP contribution in [-0.2, 0) is 4.79 Å². The van der Waals surface area contributed by atoms with E-state index < -0.39 is 0 Å². The summed E-state index contributed by atoms with van der Waals surface area (Å²) in [5.41, 5.74) is 6.10. The van der Waals surface area contributed by atoms with E-state index in [9.17, 15) is 14.4 Å². The molecule has 1 aliphatic heterocycles. The molecule has 2 N–H and O–H groups in total. The fraction of sp³-hybridized carbons (Fsp3) is 0.652. The molecule has 1 atom stereocenters. The maximum absolute atomic E-state index is 13.6. The van der Waals surface area contributed by atoms with Crippen LogP contribution in [0, 0.1) is 34.9 Å². The highest BCUT2D eigenvalue weighted by atomic mass is 35.5. The minimum atomic E-state index is -0.315. The number of primary amides is 1. The molecule has 1 aromatic carbocycles. The molecule has 1 amide bonds. The number of nitriles is 1. The summed E-state index contributed by atoms with van der Waals surface area (Å²) in [5, 5.41) is 9.86. The molecule has 2 aliphatic rings. The molecule has 1 unspecified atom stereocenters. The lowest BCUT2D eigenvalue weighted by atomic mass is 9.74. The Balaban J connectivity index is 1.36. The normalized spacial score (nSPS) is 23.7. The molecule has 1 heterocycles. The van der Waals surface area contributed by atoms with Gasteiger partial charge in [-0.2, -0.15) is 5.26 Å². The second-order valence-electron chi connectivity index (χ2n) is 8.77. The van der Waals surface area contributed by atoms with Crippen LogP contribution in [0.4, 0.5) is 10.1 Å². The number of amides is 1. The van der Waals surface area contributed by atoms with Crippen molar-refractivity contribution in [3.8, 4) is 6.07 Å². The van der Waals surface area contributed by atoms with Crippen molar-refractivity contribution in [2.75, 3.05) is 37.6 Å². The van der Waals surface area contributed by atoms with Crippen LogP contribution >= 0.6 is 11.6 Å². The molecule has 1 saturated heterocycles. The first-order valence-corrected chi connectivity index (χ1v) is 11.4. The molecule has 2 fully saturated rings. The topological polar surface area (TPSA) is 73.4 Å². The number of hydrogen-bond donors (Lipinski definition) is 1. The first-order chi connectivity index (χ1) is 14.4. The monoisotopic (exact) mass is 434 g/mol. The summed E-state index contributed by atoms with van der Waals surface area (Å²) in [5.74, 6) is 0.486. The molecule has 30 heavy (non-hydrogen) atoms. The van der Waals surface area contributed by atoms with Crippen LogP contribution in [-0.4, -0.2) is 43.5 Å². The van der Waals surface area contributed by atoms with Crippen molar-refractivity contribution in [1.29, 1.82) is 5.26 Å². The Labute approximate surface area is 184 Å². The lowest BCUT2D eigenvalue weighted by Crippen LogP contribution is -2.47. The van der Waals surface area contributed by atoms with Gasteiger partial charge >= 0.3 is 0 Å². The molecular weight excluding hydrogens is 403 g/mol. The van der Waals surface area contributed by atoms with Crippen molar-refractivity contribution in [2.45, 2.75) is 44.9 Å². The van der Waals surface area contributed by atoms with Crippen LogP contribution in [0.3, 0.4) is 0 Å². The van der Waals surface area contributed by atoms with E-state index in [1.54, 1.807) is 6.07 Å². The molecule has 0 radical (unpaired) electrons. The van der Waals surface area contributed by atoms with Gasteiger partial charge < -0.3 is 10.6 Å². The molecule has 164 valence electrons. The Bertz CT molecular complexity index is 732. The minimum Gasteiger partial charge on any atom is -0.370 e. The van der Waals surface area contributed by atoms with Gasteiger partial charge in [-0.25, -0.2) is 4.39 Å². The van der Waals surface area contributed by atoms with Crippen LogP contribution in [0.5, 0.6) is 0 Å². The van der Waals surface area contributed by atoms with Crippen molar-refractivity contribution in [3.05, 3.63) is 29.0 Å². The highest BCUT2D eigenvalue weighted by Crippen LogP contribution is 2.36. The maximum Gasteiger partial charge on any atom is 0.217 e. The largest absolute Gasteiger partial charge is 0.370 e. The summed E-state index contributed by atoms with van der Waals surface area (Å²) in [6.45, 7) is 4.82. The second kappa shape index (κ2) is 11.0. The van der Waals surface area contributed by atoms with Gasteiger partial charge in [0.25, 0.3) is 0 Å². The van der Waals surface area contributed by atoms with Crippen molar-refractivity contribution in [2.24, 2.45) is 23.5 Å². The lowest BCUT2D eigenvalue weighted by Gasteiger charge is -2.37. The van der Waals surface area contributed by atoms with Gasteiger partial charge in [-0.1, -0.05) is 24.4 Å². The number of benzene rings is 1. The number of piperazine rings is 1. The van der Waals surface area contributed by atoms with Crippen LogP contribution in [0.2, 0.25) is 5.02 Å². The quantitative estimate of drug-likeness (QED) is 0.665. The Hall–Kier alpha value is -1.84. The molecular formula is C23H32ClFN4O. The Kier molecular flexibility index (Phi) is 8.35. The summed E-state index contributed by atoms with van der Waals surface area (Å²) in [6.07, 6.45) is 6.60. The van der Waals surface area contributed by atoms with Gasteiger partial charge in [-0.3, -0.25) is 9.69 Å². The summed E-state index contributed by atoms with van der Waals surface area (Å²) in [4.78, 5) is 15.7. The number of nitrogens with zero attached hydrogens (tertiary/aromatic N) is 3. The second-order valence-corrected chi connectivity index (χ2v) is 9.20. The molecule has 1 saturated carbocycles. The van der Waals surface area contributed by atoms with Gasteiger partial charge in [0.2, 0.25) is 5.91 Å². The lowest BCUT2D eigenvalue weighted by molar-refractivity contribution is -0.118. The summed E-state index contributed by atoms with van der Waals surface area (Å²) >= 11 is 5.99. The third kappa shape index (κ3) is 6.58. The zero-order chi connectivity index (χ0) is 21.5. The maximum atomic E-state index is 13.6. The van der Waals surface area contributed by atoms with Gasteiger partial charge in [0.1, 0.15) is 5.82 Å². The fourth-order valence-electron chi connectivity index (χ4n) is 4.90. The minimum absolute atomic E-state index is 0.0390. The Morgan fingerprint density at radius 3 is 2.50 bits per heavy atom. The van der Waals surface area contributed by atoms with Gasteiger partial charge in [-0.05, 0) is 62.3 Å². The Morgan fingerprint density at radius 1 is 1.20 bits per heavy atom. The van der Waals surface area contributed by atoms with Crippen LogP contribution in [0.15, 0.2) is 18.2 Å². The molecule has 0 spiro atoms. The highest BCUT2D eigenvalue weighted by molar-refractivity contribution is 6.30. The summed E-state index contributed by atoms with van der Waals surface area (Å²) < 4.78 is 13.6. The number of nitrogens with two attached hydrogens (primary N) is 1. The number of anilines is 1. The third-order valence-electron chi connectivity index (χ3n) is 6.77. The van der Waals surface area contributed by atoms with Crippen LogP contribution < -0.4 is 10.6 Å². The van der Waals surface area contributed by atoms with Gasteiger partial charge in [0.05, 0.1) is 6.07 Å². The molecule has 0 aromatic heterocycles. The average molecular weight is 435 g/mol. The number of hydrogen-bond acceptors (Lipinski definition) is 4. The Morgan fingerprint density at radius 2 is 1.90 bits per heavy atom. The van der Waals surface area contributed by atoms with E-state index in [1.165, 1.54) is 25.3 Å². The van der Waals surface area contributed by atoms with E-state index in [4.69, 9.17) is 17.3 Å². The van der Waals surface area contributed by atoms with Gasteiger partial charge in [0.15, 0.2) is 0 Å². The zero-order valence-corrected chi connectivity index (χ0v) is 18.3. The van der Waals surface area contributed by atoms with Gasteiger partial charge in [0, 0.05) is 49.2 Å². The van der Waals surface area contributed by atoms with E-state index in [2.05, 4.69) is 15.9 Å². The number of rotatable bonds is 8. The van der Waals surface area contributed by atoms with E-state index in [-0.39, 0.29) is 17.6 Å². The standard InChI is InChI=1S/C23H32ClFN4O/c24-20-13-21(25)15-22(14-20)29-11-9-28(10-12-29)8-7-17-1-3-18(4-2-17)19(16-26)5-6-23(27)30/h13-15,17-19H,1-12H2,(H2,27,30). The molecule has 1 aliphatic carbocycles. The van der Waals surface area contributed by atoms with Crippen molar-refractivity contribution >= 4 is 23.2 Å². The number of carbonyl (C=O) groups is 1. The summed E-state index contributed by atoms with van der Waals surface area (Å²) in [6, 6.07) is 7.12. The van der Waals surface area contributed by atoms with E-state index >= 15 is 0 Å². The zero-order valence-electron chi connectivity index (χ0n) is 17.5. The first kappa shape index (κ1) is 22.8. The molecule has 3 rings (SSSR count). The van der Waals surface area contributed by atoms with E-state index in [0.29, 0.717) is 23.8 Å². The highest BCUT2D eigenvalue weighted by Gasteiger charge is 2.28. The van der Waals surface area contributed by atoms with Crippen molar-refractivity contribution in [1.82, 2.24) is 4.90 Å². The van der Waals surface area contributed by atoms with Crippen LogP contribution in [0.1, 0.15) is 44.9 Å². The predicted octanol–water partition coefficient (Wildman–Crippen LogP) is 4.20. The summed E-state index contributed by atoms with van der Waals surface area (Å²) in [7, 11) is 0.